The number of hydrogen-bond donors (Lipinski definition) is 1. The van der Waals surface area contributed by atoms with Crippen molar-refractivity contribution in [2.45, 2.75) is 20.0 Å². The molecule has 0 aliphatic carbocycles. The van der Waals surface area contributed by atoms with Gasteiger partial charge in [-0.1, -0.05) is 42.5 Å². The summed E-state index contributed by atoms with van der Waals surface area (Å²) in [5.74, 6) is 1.79. The summed E-state index contributed by atoms with van der Waals surface area (Å²) in [4.78, 5) is 12.6. The third-order valence-electron chi connectivity index (χ3n) is 4.17. The fourth-order valence-electron chi connectivity index (χ4n) is 2.70. The highest BCUT2D eigenvalue weighted by atomic mass is 16.5. The van der Waals surface area contributed by atoms with Crippen LogP contribution in [0.2, 0.25) is 0 Å². The van der Waals surface area contributed by atoms with Crippen LogP contribution in [0.1, 0.15) is 12.5 Å². The van der Waals surface area contributed by atoms with Crippen LogP contribution < -0.4 is 19.5 Å². The maximum absolute atomic E-state index is 12.6. The first-order valence-corrected chi connectivity index (χ1v) is 9.55. The lowest BCUT2D eigenvalue weighted by atomic mass is 10.2. The van der Waals surface area contributed by atoms with Gasteiger partial charge in [0.05, 0.1) is 5.69 Å². The van der Waals surface area contributed by atoms with Gasteiger partial charge in [-0.25, -0.2) is 0 Å². The normalized spacial score (nSPS) is 11.4. The molecule has 3 rings (SSSR count). The number of amides is 1. The van der Waals surface area contributed by atoms with E-state index in [1.54, 1.807) is 13.0 Å². The van der Waals surface area contributed by atoms with Gasteiger partial charge in [-0.2, -0.15) is 0 Å². The molecule has 0 saturated carbocycles. The predicted molar refractivity (Wildman–Crippen MR) is 114 cm³/mol. The largest absolute Gasteiger partial charge is 0.490 e. The second-order valence-electron chi connectivity index (χ2n) is 6.57. The average molecular weight is 391 g/mol. The van der Waals surface area contributed by atoms with Crippen molar-refractivity contribution in [2.24, 2.45) is 0 Å². The van der Waals surface area contributed by atoms with Crippen LogP contribution in [-0.4, -0.2) is 25.2 Å². The highest BCUT2D eigenvalue weighted by Crippen LogP contribution is 2.24. The minimum atomic E-state index is -0.647. The summed E-state index contributed by atoms with van der Waals surface area (Å²) in [5.41, 5.74) is 1.67. The molecule has 29 heavy (non-hydrogen) atoms. The van der Waals surface area contributed by atoms with Gasteiger partial charge < -0.3 is 19.5 Å². The van der Waals surface area contributed by atoms with Crippen molar-refractivity contribution in [3.63, 3.8) is 0 Å². The van der Waals surface area contributed by atoms with Crippen LogP contribution in [0.3, 0.4) is 0 Å². The summed E-state index contributed by atoms with van der Waals surface area (Å²) in [6.45, 7) is 4.46. The second kappa shape index (κ2) is 10.2. The molecule has 1 atom stereocenters. The molecule has 1 N–H and O–H groups in total. The molecule has 0 aromatic heterocycles. The van der Waals surface area contributed by atoms with E-state index in [9.17, 15) is 4.79 Å². The Kier molecular flexibility index (Phi) is 7.11. The van der Waals surface area contributed by atoms with Crippen molar-refractivity contribution in [2.75, 3.05) is 18.5 Å². The Bertz CT molecular complexity index is 927. The summed E-state index contributed by atoms with van der Waals surface area (Å²) in [6, 6.07) is 24.5. The number of carbonyl (C=O) groups is 1. The molecule has 150 valence electrons. The minimum absolute atomic E-state index is 0.247. The number of rotatable bonds is 9. The zero-order valence-electron chi connectivity index (χ0n) is 16.6. The summed E-state index contributed by atoms with van der Waals surface area (Å²) >= 11 is 0. The van der Waals surface area contributed by atoms with Crippen molar-refractivity contribution in [3.05, 3.63) is 84.4 Å². The summed E-state index contributed by atoms with van der Waals surface area (Å²) in [7, 11) is 0. The number of benzene rings is 3. The molecule has 0 radical (unpaired) electrons. The van der Waals surface area contributed by atoms with Crippen molar-refractivity contribution in [3.8, 4) is 17.2 Å². The number of nitrogens with one attached hydrogen (secondary N) is 1. The maximum Gasteiger partial charge on any atom is 0.265 e. The first kappa shape index (κ1) is 20.3. The van der Waals surface area contributed by atoms with E-state index < -0.39 is 6.10 Å². The molecule has 3 aromatic rings. The number of anilines is 1. The number of para-hydroxylation sites is 3. The van der Waals surface area contributed by atoms with Gasteiger partial charge in [0.15, 0.2) is 6.10 Å². The zero-order chi connectivity index (χ0) is 20.5. The molecule has 0 fully saturated rings. The summed E-state index contributed by atoms with van der Waals surface area (Å²) in [6.07, 6.45) is -0.647. The molecule has 0 aliphatic rings. The Morgan fingerprint density at radius 3 is 2.34 bits per heavy atom. The van der Waals surface area contributed by atoms with Crippen LogP contribution in [-0.2, 0) is 4.79 Å². The van der Waals surface area contributed by atoms with Crippen LogP contribution in [0.15, 0.2) is 78.9 Å². The molecule has 0 heterocycles. The molecular weight excluding hydrogens is 366 g/mol. The van der Waals surface area contributed by atoms with Gasteiger partial charge in [0.25, 0.3) is 5.91 Å². The SMILES string of the molecule is Cc1cccc(OC(C)C(=O)Nc2ccccc2OCCOc2ccccc2)c1. The van der Waals surface area contributed by atoms with Crippen molar-refractivity contribution < 1.29 is 19.0 Å². The van der Waals surface area contributed by atoms with Gasteiger partial charge in [0.2, 0.25) is 0 Å². The van der Waals surface area contributed by atoms with Crippen LogP contribution in [0.4, 0.5) is 5.69 Å². The lowest BCUT2D eigenvalue weighted by Crippen LogP contribution is -2.30. The van der Waals surface area contributed by atoms with Crippen molar-refractivity contribution in [1.82, 2.24) is 0 Å². The third kappa shape index (κ3) is 6.28. The van der Waals surface area contributed by atoms with E-state index in [0.717, 1.165) is 11.3 Å². The highest BCUT2D eigenvalue weighted by molar-refractivity contribution is 5.95. The first-order valence-electron chi connectivity index (χ1n) is 9.55. The van der Waals surface area contributed by atoms with Gasteiger partial charge in [-0.15, -0.1) is 0 Å². The third-order valence-corrected chi connectivity index (χ3v) is 4.17. The quantitative estimate of drug-likeness (QED) is 0.529. The molecule has 1 amide bonds. The zero-order valence-corrected chi connectivity index (χ0v) is 16.6. The maximum atomic E-state index is 12.6. The van der Waals surface area contributed by atoms with Crippen molar-refractivity contribution >= 4 is 11.6 Å². The Morgan fingerprint density at radius 1 is 0.862 bits per heavy atom. The molecule has 0 bridgehead atoms. The van der Waals surface area contributed by atoms with Crippen molar-refractivity contribution in [1.29, 1.82) is 0 Å². The lowest BCUT2D eigenvalue weighted by Gasteiger charge is -2.17. The van der Waals surface area contributed by atoms with Crippen LogP contribution in [0.5, 0.6) is 17.2 Å². The fourth-order valence-corrected chi connectivity index (χ4v) is 2.70. The molecular formula is C24H25NO4. The predicted octanol–water partition coefficient (Wildman–Crippen LogP) is 4.86. The summed E-state index contributed by atoms with van der Waals surface area (Å²) < 4.78 is 17.2. The van der Waals surface area contributed by atoms with Crippen LogP contribution in [0.25, 0.3) is 0 Å². The fraction of sp³-hybridized carbons (Fsp3) is 0.208. The lowest BCUT2D eigenvalue weighted by molar-refractivity contribution is -0.122. The number of carbonyl (C=O) groups excluding carboxylic acids is 1. The smallest absolute Gasteiger partial charge is 0.265 e. The highest BCUT2D eigenvalue weighted by Gasteiger charge is 2.16. The van der Waals surface area contributed by atoms with E-state index in [4.69, 9.17) is 14.2 Å². The number of aryl methyl sites for hydroxylation is 1. The van der Waals surface area contributed by atoms with Crippen LogP contribution in [0, 0.1) is 6.92 Å². The monoisotopic (exact) mass is 391 g/mol. The summed E-state index contributed by atoms with van der Waals surface area (Å²) in [5, 5.41) is 2.87. The standard InChI is InChI=1S/C24H25NO4/c1-18-9-8-12-21(17-18)29-19(2)24(26)25-22-13-6-7-14-23(22)28-16-15-27-20-10-4-3-5-11-20/h3-14,17,19H,15-16H2,1-2H3,(H,25,26). The molecule has 0 aliphatic heterocycles. The average Bonchev–Trinajstić information content (AvgIpc) is 2.73. The minimum Gasteiger partial charge on any atom is -0.490 e. The Morgan fingerprint density at radius 2 is 1.55 bits per heavy atom. The number of ether oxygens (including phenoxy) is 3. The number of hydrogen-bond acceptors (Lipinski definition) is 4. The van der Waals surface area contributed by atoms with E-state index in [-0.39, 0.29) is 5.91 Å². The van der Waals surface area contributed by atoms with E-state index in [0.29, 0.717) is 30.4 Å². The van der Waals surface area contributed by atoms with E-state index >= 15 is 0 Å². The topological polar surface area (TPSA) is 56.8 Å². The molecule has 5 heteroatoms. The molecule has 1 unspecified atom stereocenters. The first-order chi connectivity index (χ1) is 14.1. The molecule has 5 nitrogen and oxygen atoms in total. The Balaban J connectivity index is 1.53. The van der Waals surface area contributed by atoms with Gasteiger partial charge in [0.1, 0.15) is 30.5 Å². The van der Waals surface area contributed by atoms with Crippen LogP contribution >= 0.6 is 0 Å². The van der Waals surface area contributed by atoms with E-state index in [1.807, 2.05) is 79.7 Å². The van der Waals surface area contributed by atoms with Gasteiger partial charge in [-0.3, -0.25) is 4.79 Å². The van der Waals surface area contributed by atoms with E-state index in [1.165, 1.54) is 0 Å². The molecule has 0 saturated heterocycles. The Labute approximate surface area is 171 Å². The second-order valence-corrected chi connectivity index (χ2v) is 6.57. The van der Waals surface area contributed by atoms with Gasteiger partial charge in [-0.05, 0) is 55.8 Å². The molecule has 3 aromatic carbocycles. The van der Waals surface area contributed by atoms with Gasteiger partial charge in [0, 0.05) is 0 Å². The van der Waals surface area contributed by atoms with E-state index in [2.05, 4.69) is 5.32 Å². The van der Waals surface area contributed by atoms with Gasteiger partial charge >= 0.3 is 0 Å². The Hall–Kier alpha value is -3.47. The molecule has 0 spiro atoms.